The maximum atomic E-state index is 5.48. The van der Waals surface area contributed by atoms with Crippen molar-refractivity contribution in [2.75, 3.05) is 18.9 Å². The Hall–Kier alpha value is -1.69. The van der Waals surface area contributed by atoms with E-state index < -0.39 is 0 Å². The molecule has 2 aromatic heterocycles. The molecule has 1 aliphatic rings. The van der Waals surface area contributed by atoms with Gasteiger partial charge < -0.3 is 15.5 Å². The highest BCUT2D eigenvalue weighted by atomic mass is 16.5. The average molecular weight is 207 g/mol. The SMILES string of the molecule is C1CCOC1.Nc1ncnc2nc[nH]c12. The van der Waals surface area contributed by atoms with E-state index >= 15 is 0 Å². The van der Waals surface area contributed by atoms with Crippen molar-refractivity contribution in [1.29, 1.82) is 0 Å². The number of aromatic amines is 1. The van der Waals surface area contributed by atoms with Gasteiger partial charge in [0.2, 0.25) is 0 Å². The van der Waals surface area contributed by atoms with Crippen molar-refractivity contribution in [3.8, 4) is 0 Å². The molecule has 2 aromatic rings. The summed E-state index contributed by atoms with van der Waals surface area (Å²) in [5.41, 5.74) is 6.78. The summed E-state index contributed by atoms with van der Waals surface area (Å²) in [5.74, 6) is 0.433. The number of nitrogens with two attached hydrogens (primary N) is 1. The van der Waals surface area contributed by atoms with Gasteiger partial charge in [-0.2, -0.15) is 0 Å². The van der Waals surface area contributed by atoms with E-state index in [0.29, 0.717) is 17.0 Å². The normalized spacial score (nSPS) is 14.9. The summed E-state index contributed by atoms with van der Waals surface area (Å²) in [6, 6.07) is 0. The Morgan fingerprint density at radius 1 is 1.20 bits per heavy atom. The highest BCUT2D eigenvalue weighted by Crippen LogP contribution is 2.09. The summed E-state index contributed by atoms with van der Waals surface area (Å²) < 4.78 is 4.94. The second-order valence-electron chi connectivity index (χ2n) is 3.18. The van der Waals surface area contributed by atoms with Crippen LogP contribution < -0.4 is 5.73 Å². The lowest BCUT2D eigenvalue weighted by molar-refractivity contribution is 0.198. The van der Waals surface area contributed by atoms with Crippen LogP contribution in [0.4, 0.5) is 5.82 Å². The van der Waals surface area contributed by atoms with Crippen molar-refractivity contribution in [2.24, 2.45) is 0 Å². The molecule has 0 spiro atoms. The molecule has 3 N–H and O–H groups in total. The number of H-pyrrole nitrogens is 1. The van der Waals surface area contributed by atoms with Gasteiger partial charge >= 0.3 is 0 Å². The van der Waals surface area contributed by atoms with Crippen LogP contribution in [-0.2, 0) is 4.74 Å². The number of hydrogen-bond donors (Lipinski definition) is 2. The minimum absolute atomic E-state index is 0.433. The van der Waals surface area contributed by atoms with Gasteiger partial charge in [-0.1, -0.05) is 0 Å². The van der Waals surface area contributed by atoms with Gasteiger partial charge in [-0.05, 0) is 12.8 Å². The monoisotopic (exact) mass is 207 g/mol. The molecular weight excluding hydrogens is 194 g/mol. The van der Waals surface area contributed by atoms with Crippen molar-refractivity contribution < 1.29 is 4.74 Å². The van der Waals surface area contributed by atoms with Crippen LogP contribution in [0.2, 0.25) is 0 Å². The van der Waals surface area contributed by atoms with Crippen LogP contribution in [0.3, 0.4) is 0 Å². The van der Waals surface area contributed by atoms with E-state index in [1.807, 2.05) is 0 Å². The summed E-state index contributed by atoms with van der Waals surface area (Å²) in [4.78, 5) is 14.4. The molecule has 0 radical (unpaired) electrons. The van der Waals surface area contributed by atoms with E-state index in [0.717, 1.165) is 13.2 Å². The van der Waals surface area contributed by atoms with Gasteiger partial charge in [0, 0.05) is 13.2 Å². The number of ether oxygens (including phenoxy) is 1. The second-order valence-corrected chi connectivity index (χ2v) is 3.18. The molecule has 0 bridgehead atoms. The third-order valence-electron chi connectivity index (χ3n) is 2.08. The first-order valence-electron chi connectivity index (χ1n) is 4.85. The lowest BCUT2D eigenvalue weighted by Gasteiger charge is -1.89. The topological polar surface area (TPSA) is 89.7 Å². The molecule has 0 aliphatic carbocycles. The number of hydrogen-bond acceptors (Lipinski definition) is 5. The fourth-order valence-corrected chi connectivity index (χ4v) is 1.29. The molecule has 15 heavy (non-hydrogen) atoms. The van der Waals surface area contributed by atoms with Crippen molar-refractivity contribution >= 4 is 17.0 Å². The highest BCUT2D eigenvalue weighted by Gasteiger charge is 1.99. The Morgan fingerprint density at radius 2 is 2.00 bits per heavy atom. The summed E-state index contributed by atoms with van der Waals surface area (Å²) in [6.45, 7) is 2.00. The molecule has 0 aromatic carbocycles. The number of anilines is 1. The van der Waals surface area contributed by atoms with Crippen LogP contribution in [0, 0.1) is 0 Å². The second kappa shape index (κ2) is 4.70. The standard InChI is InChI=1S/C5H5N5.C4H8O/c6-4-3-5(9-1-7-3)10-2-8-4;1-2-4-5-3-1/h1-2H,(H3,6,7,8,9,10);1-4H2. The lowest BCUT2D eigenvalue weighted by Crippen LogP contribution is -1.91. The van der Waals surface area contributed by atoms with Crippen LogP contribution in [-0.4, -0.2) is 33.1 Å². The zero-order valence-electron chi connectivity index (χ0n) is 8.31. The van der Waals surface area contributed by atoms with Crippen molar-refractivity contribution in [3.63, 3.8) is 0 Å². The number of nitrogen functional groups attached to an aromatic ring is 1. The molecule has 0 amide bonds. The first-order chi connectivity index (χ1) is 7.38. The molecule has 0 saturated carbocycles. The Morgan fingerprint density at radius 3 is 2.60 bits per heavy atom. The largest absolute Gasteiger partial charge is 0.382 e. The lowest BCUT2D eigenvalue weighted by atomic mass is 10.4. The van der Waals surface area contributed by atoms with E-state index in [1.54, 1.807) is 0 Å². The molecule has 0 unspecified atom stereocenters. The minimum Gasteiger partial charge on any atom is -0.382 e. The highest BCUT2D eigenvalue weighted by molar-refractivity contribution is 5.80. The van der Waals surface area contributed by atoms with Crippen molar-refractivity contribution in [2.45, 2.75) is 12.8 Å². The van der Waals surface area contributed by atoms with Gasteiger partial charge in [0.15, 0.2) is 11.5 Å². The molecule has 80 valence electrons. The van der Waals surface area contributed by atoms with E-state index in [-0.39, 0.29) is 0 Å². The van der Waals surface area contributed by atoms with E-state index in [4.69, 9.17) is 10.5 Å². The van der Waals surface area contributed by atoms with Crippen LogP contribution >= 0.6 is 0 Å². The molecule has 1 saturated heterocycles. The molecule has 1 fully saturated rings. The summed E-state index contributed by atoms with van der Waals surface area (Å²) in [5, 5.41) is 0. The van der Waals surface area contributed by atoms with E-state index in [2.05, 4.69) is 19.9 Å². The fourth-order valence-electron chi connectivity index (χ4n) is 1.29. The van der Waals surface area contributed by atoms with Crippen LogP contribution in [0.25, 0.3) is 11.2 Å². The molecular formula is C9H13N5O. The Bertz CT molecular complexity index is 416. The van der Waals surface area contributed by atoms with Crippen molar-refractivity contribution in [3.05, 3.63) is 12.7 Å². The Kier molecular flexibility index (Phi) is 3.08. The Labute approximate surface area is 86.9 Å². The zero-order valence-corrected chi connectivity index (χ0v) is 8.31. The molecule has 3 rings (SSSR count). The molecule has 6 heteroatoms. The summed E-state index contributed by atoms with van der Waals surface area (Å²) in [7, 11) is 0. The fraction of sp³-hybridized carbons (Fsp3) is 0.444. The number of fused-ring (bicyclic) bond motifs is 1. The molecule has 3 heterocycles. The van der Waals surface area contributed by atoms with Gasteiger partial charge in [-0.25, -0.2) is 15.0 Å². The maximum absolute atomic E-state index is 5.48. The number of rotatable bonds is 0. The molecule has 0 atom stereocenters. The smallest absolute Gasteiger partial charge is 0.182 e. The van der Waals surface area contributed by atoms with Gasteiger partial charge in [-0.3, -0.25) is 0 Å². The summed E-state index contributed by atoms with van der Waals surface area (Å²) in [6.07, 6.45) is 5.48. The summed E-state index contributed by atoms with van der Waals surface area (Å²) >= 11 is 0. The average Bonchev–Trinajstić information content (AvgIpc) is 2.93. The first kappa shape index (κ1) is 9.85. The third kappa shape index (κ3) is 2.41. The van der Waals surface area contributed by atoms with Crippen LogP contribution in [0.1, 0.15) is 12.8 Å². The minimum atomic E-state index is 0.433. The van der Waals surface area contributed by atoms with E-state index in [1.165, 1.54) is 25.5 Å². The van der Waals surface area contributed by atoms with E-state index in [9.17, 15) is 0 Å². The Balaban J connectivity index is 0.000000144. The van der Waals surface area contributed by atoms with Gasteiger partial charge in [0.05, 0.1) is 6.33 Å². The number of nitrogens with one attached hydrogen (secondary N) is 1. The molecule has 1 aliphatic heterocycles. The van der Waals surface area contributed by atoms with Gasteiger partial charge in [0.25, 0.3) is 0 Å². The van der Waals surface area contributed by atoms with Crippen molar-refractivity contribution in [1.82, 2.24) is 19.9 Å². The number of imidazole rings is 1. The quantitative estimate of drug-likeness (QED) is 0.664. The number of aromatic nitrogens is 4. The first-order valence-corrected chi connectivity index (χ1v) is 4.85. The predicted molar refractivity (Wildman–Crippen MR) is 56.1 cm³/mol. The van der Waals surface area contributed by atoms with Crippen LogP contribution in [0.15, 0.2) is 12.7 Å². The predicted octanol–water partition coefficient (Wildman–Crippen LogP) is 0.732. The van der Waals surface area contributed by atoms with Gasteiger partial charge in [0.1, 0.15) is 11.8 Å². The van der Waals surface area contributed by atoms with Crippen LogP contribution in [0.5, 0.6) is 0 Å². The molecule has 6 nitrogen and oxygen atoms in total. The maximum Gasteiger partial charge on any atom is 0.182 e. The number of nitrogens with zero attached hydrogens (tertiary/aromatic N) is 3. The third-order valence-corrected chi connectivity index (χ3v) is 2.08. The van der Waals surface area contributed by atoms with Gasteiger partial charge in [-0.15, -0.1) is 0 Å². The zero-order chi connectivity index (χ0) is 10.5.